The summed E-state index contributed by atoms with van der Waals surface area (Å²) in [4.78, 5) is 12.4. The van der Waals surface area contributed by atoms with E-state index >= 15 is 0 Å². The Balaban J connectivity index is 1.71. The molecule has 0 saturated heterocycles. The summed E-state index contributed by atoms with van der Waals surface area (Å²) in [5, 5.41) is 11.2. The summed E-state index contributed by atoms with van der Waals surface area (Å²) in [7, 11) is 0. The van der Waals surface area contributed by atoms with E-state index < -0.39 is 0 Å². The fourth-order valence-electron chi connectivity index (χ4n) is 2.21. The smallest absolute Gasteiger partial charge is 0.274 e. The van der Waals surface area contributed by atoms with Crippen LogP contribution in [0, 0.1) is 12.7 Å². The molecule has 3 rings (SSSR count). The first-order valence-corrected chi connectivity index (χ1v) is 7.56. The number of amides is 1. The van der Waals surface area contributed by atoms with Gasteiger partial charge in [0.2, 0.25) is 0 Å². The van der Waals surface area contributed by atoms with Gasteiger partial charge in [-0.3, -0.25) is 9.48 Å². The monoisotopic (exact) mass is 348 g/mol. The number of carbonyl (C=O) groups excluding carboxylic acids is 1. The maximum atomic E-state index is 12.9. The Bertz CT molecular complexity index is 857. The van der Waals surface area contributed by atoms with Gasteiger partial charge in [-0.25, -0.2) is 4.39 Å². The van der Waals surface area contributed by atoms with Crippen LogP contribution in [0.15, 0.2) is 41.2 Å². The van der Waals surface area contributed by atoms with Gasteiger partial charge in [-0.15, -0.1) is 0 Å². The van der Waals surface area contributed by atoms with Crippen molar-refractivity contribution in [3.63, 3.8) is 0 Å². The molecule has 8 heteroatoms. The number of carbonyl (C=O) groups is 1. The number of benzene rings is 1. The molecule has 0 spiro atoms. The largest absolute Gasteiger partial charge is 0.361 e. The van der Waals surface area contributed by atoms with Gasteiger partial charge in [0.1, 0.15) is 11.6 Å². The van der Waals surface area contributed by atoms with E-state index in [9.17, 15) is 9.18 Å². The highest BCUT2D eigenvalue weighted by molar-refractivity contribution is 6.30. The molecular formula is C16H14ClFN4O2. The topological polar surface area (TPSA) is 73.0 Å². The predicted octanol–water partition coefficient (Wildman–Crippen LogP) is 2.95. The molecule has 0 aliphatic rings. The van der Waals surface area contributed by atoms with Crippen molar-refractivity contribution in [1.29, 1.82) is 0 Å². The van der Waals surface area contributed by atoms with E-state index in [4.69, 9.17) is 16.1 Å². The molecule has 1 amide bonds. The van der Waals surface area contributed by atoms with Crippen molar-refractivity contribution in [2.75, 3.05) is 0 Å². The summed E-state index contributed by atoms with van der Waals surface area (Å²) in [6.07, 6.45) is 3.16. The number of hydrogen-bond donors (Lipinski definition) is 1. The maximum absolute atomic E-state index is 12.9. The van der Waals surface area contributed by atoms with Crippen LogP contribution in [0.2, 0.25) is 5.02 Å². The molecule has 0 saturated carbocycles. The molecule has 0 fully saturated rings. The Morgan fingerprint density at radius 2 is 2.12 bits per heavy atom. The number of nitrogens with one attached hydrogen (secondary N) is 1. The second-order valence-corrected chi connectivity index (χ2v) is 5.67. The molecule has 124 valence electrons. The van der Waals surface area contributed by atoms with E-state index in [-0.39, 0.29) is 24.0 Å². The van der Waals surface area contributed by atoms with E-state index in [2.05, 4.69) is 15.6 Å². The van der Waals surface area contributed by atoms with Crippen molar-refractivity contribution in [1.82, 2.24) is 20.3 Å². The second-order valence-electron chi connectivity index (χ2n) is 5.23. The summed E-state index contributed by atoms with van der Waals surface area (Å²) in [5.41, 5.74) is 1.61. The third kappa shape index (κ3) is 3.62. The average molecular weight is 349 g/mol. The Hall–Kier alpha value is -2.67. The van der Waals surface area contributed by atoms with Crippen molar-refractivity contribution in [3.8, 4) is 0 Å². The first-order valence-electron chi connectivity index (χ1n) is 7.18. The van der Waals surface area contributed by atoms with Gasteiger partial charge < -0.3 is 9.84 Å². The molecule has 0 bridgehead atoms. The molecule has 0 radical (unpaired) electrons. The van der Waals surface area contributed by atoms with Crippen LogP contribution in [0.3, 0.4) is 0 Å². The van der Waals surface area contributed by atoms with Gasteiger partial charge in [0.05, 0.1) is 17.8 Å². The summed E-state index contributed by atoms with van der Waals surface area (Å²) < 4.78 is 19.6. The molecule has 6 nitrogen and oxygen atoms in total. The van der Waals surface area contributed by atoms with E-state index in [1.807, 2.05) is 0 Å². The van der Waals surface area contributed by atoms with Crippen LogP contribution in [0.4, 0.5) is 4.39 Å². The first-order chi connectivity index (χ1) is 11.5. The lowest BCUT2D eigenvalue weighted by molar-refractivity contribution is 0.0941. The number of rotatable bonds is 5. The van der Waals surface area contributed by atoms with Gasteiger partial charge in [-0.1, -0.05) is 28.9 Å². The fraction of sp³-hybridized carbons (Fsp3) is 0.188. The molecule has 0 unspecified atom stereocenters. The number of nitrogens with zero attached hydrogens (tertiary/aromatic N) is 3. The van der Waals surface area contributed by atoms with E-state index in [1.54, 1.807) is 29.9 Å². The number of halogens is 2. The molecule has 2 heterocycles. The number of aryl methyl sites for hydroxylation is 1. The lowest BCUT2D eigenvalue weighted by Crippen LogP contribution is -2.24. The van der Waals surface area contributed by atoms with Crippen molar-refractivity contribution >= 4 is 17.5 Å². The van der Waals surface area contributed by atoms with Crippen LogP contribution >= 0.6 is 11.6 Å². The zero-order valence-electron chi connectivity index (χ0n) is 12.8. The number of hydrogen-bond acceptors (Lipinski definition) is 4. The van der Waals surface area contributed by atoms with Crippen LogP contribution in [0.1, 0.15) is 27.4 Å². The van der Waals surface area contributed by atoms with Crippen molar-refractivity contribution < 1.29 is 13.7 Å². The SMILES string of the molecule is Cc1onc(C(=O)NCc2ccc(F)cc2)c1Cn1cc(Cl)cn1. The zero-order valence-corrected chi connectivity index (χ0v) is 13.5. The van der Waals surface area contributed by atoms with Crippen LogP contribution in [0.5, 0.6) is 0 Å². The third-order valence-electron chi connectivity index (χ3n) is 3.49. The van der Waals surface area contributed by atoms with E-state index in [0.717, 1.165) is 5.56 Å². The van der Waals surface area contributed by atoms with Crippen molar-refractivity contribution in [2.24, 2.45) is 0 Å². The van der Waals surface area contributed by atoms with Crippen molar-refractivity contribution in [2.45, 2.75) is 20.0 Å². The standard InChI is InChI=1S/C16H14ClFN4O2/c1-10-14(9-22-8-12(17)7-20-22)15(21-24-10)16(23)19-6-11-2-4-13(18)5-3-11/h2-5,7-8H,6,9H2,1H3,(H,19,23). The molecule has 0 aliphatic heterocycles. The molecule has 24 heavy (non-hydrogen) atoms. The number of aromatic nitrogens is 3. The Morgan fingerprint density at radius 3 is 2.79 bits per heavy atom. The molecule has 1 aromatic carbocycles. The van der Waals surface area contributed by atoms with Crippen molar-refractivity contribution in [3.05, 3.63) is 70.1 Å². The van der Waals surface area contributed by atoms with Crippen LogP contribution in [-0.4, -0.2) is 20.8 Å². The molecule has 0 aliphatic carbocycles. The molecule has 3 aromatic rings. The lowest BCUT2D eigenvalue weighted by Gasteiger charge is -2.05. The minimum atomic E-state index is -0.371. The summed E-state index contributed by atoms with van der Waals surface area (Å²) in [6.45, 7) is 2.31. The average Bonchev–Trinajstić information content (AvgIpc) is 3.13. The summed E-state index contributed by atoms with van der Waals surface area (Å²) in [5.74, 6) is -0.157. The van der Waals surface area contributed by atoms with Gasteiger partial charge in [-0.05, 0) is 24.6 Å². The van der Waals surface area contributed by atoms with Crippen LogP contribution < -0.4 is 5.32 Å². The Labute approximate surface area is 142 Å². The van der Waals surface area contributed by atoms with Crippen LogP contribution in [-0.2, 0) is 13.1 Å². The predicted molar refractivity (Wildman–Crippen MR) is 85.1 cm³/mol. The molecular weight excluding hydrogens is 335 g/mol. The molecule has 1 N–H and O–H groups in total. The highest BCUT2D eigenvalue weighted by Gasteiger charge is 2.20. The maximum Gasteiger partial charge on any atom is 0.274 e. The second kappa shape index (κ2) is 6.84. The summed E-state index contributed by atoms with van der Waals surface area (Å²) >= 11 is 5.84. The highest BCUT2D eigenvalue weighted by atomic mass is 35.5. The van der Waals surface area contributed by atoms with Gasteiger partial charge in [0.15, 0.2) is 5.69 Å². The summed E-state index contributed by atoms with van der Waals surface area (Å²) in [6, 6.07) is 5.90. The van der Waals surface area contributed by atoms with E-state index in [1.165, 1.54) is 18.3 Å². The van der Waals surface area contributed by atoms with E-state index in [0.29, 0.717) is 22.9 Å². The quantitative estimate of drug-likeness (QED) is 0.769. The Kier molecular flexibility index (Phi) is 4.61. The molecule has 2 aromatic heterocycles. The minimum Gasteiger partial charge on any atom is -0.361 e. The minimum absolute atomic E-state index is 0.196. The molecule has 0 atom stereocenters. The van der Waals surface area contributed by atoms with Gasteiger partial charge in [0.25, 0.3) is 5.91 Å². The highest BCUT2D eigenvalue weighted by Crippen LogP contribution is 2.16. The van der Waals surface area contributed by atoms with Gasteiger partial charge >= 0.3 is 0 Å². The normalized spacial score (nSPS) is 10.8. The lowest BCUT2D eigenvalue weighted by atomic mass is 10.1. The Morgan fingerprint density at radius 1 is 1.38 bits per heavy atom. The first kappa shape index (κ1) is 16.2. The third-order valence-corrected chi connectivity index (χ3v) is 3.68. The van der Waals surface area contributed by atoms with Gasteiger partial charge in [0, 0.05) is 18.3 Å². The van der Waals surface area contributed by atoms with Gasteiger partial charge in [-0.2, -0.15) is 5.10 Å². The zero-order chi connectivity index (χ0) is 17.1. The fourth-order valence-corrected chi connectivity index (χ4v) is 2.37. The van der Waals surface area contributed by atoms with Crippen LogP contribution in [0.25, 0.3) is 0 Å².